The SMILES string of the molecule is CN=C(NCc1cnc(C)s1)N1CCN(c2cccc(OC)c2)CC1.I. The Morgan fingerprint density at radius 2 is 2.08 bits per heavy atom. The van der Waals surface area contributed by atoms with Crippen LogP contribution in [0.2, 0.25) is 0 Å². The maximum Gasteiger partial charge on any atom is 0.194 e. The minimum absolute atomic E-state index is 0. The summed E-state index contributed by atoms with van der Waals surface area (Å²) in [4.78, 5) is 14.7. The number of nitrogens with zero attached hydrogens (tertiary/aromatic N) is 4. The summed E-state index contributed by atoms with van der Waals surface area (Å²) in [7, 11) is 3.55. The van der Waals surface area contributed by atoms with Gasteiger partial charge in [-0.3, -0.25) is 4.99 Å². The topological polar surface area (TPSA) is 53.0 Å². The highest BCUT2D eigenvalue weighted by atomic mass is 127. The molecule has 1 aromatic heterocycles. The van der Waals surface area contributed by atoms with Crippen molar-refractivity contribution in [2.75, 3.05) is 45.2 Å². The molecule has 0 aliphatic carbocycles. The number of thiazole rings is 1. The minimum atomic E-state index is 0. The van der Waals surface area contributed by atoms with Crippen LogP contribution in [0.15, 0.2) is 35.5 Å². The summed E-state index contributed by atoms with van der Waals surface area (Å²) in [5.41, 5.74) is 1.21. The van der Waals surface area contributed by atoms with Gasteiger partial charge < -0.3 is 19.9 Å². The smallest absolute Gasteiger partial charge is 0.194 e. The molecule has 0 saturated carbocycles. The number of ether oxygens (including phenoxy) is 1. The quantitative estimate of drug-likeness (QED) is 0.409. The van der Waals surface area contributed by atoms with Gasteiger partial charge in [-0.1, -0.05) is 6.07 Å². The summed E-state index contributed by atoms with van der Waals surface area (Å²) in [6.45, 7) is 6.62. The van der Waals surface area contributed by atoms with E-state index in [0.717, 1.165) is 49.4 Å². The first kappa shape index (κ1) is 20.8. The van der Waals surface area contributed by atoms with E-state index in [1.54, 1.807) is 18.4 Å². The Morgan fingerprint density at radius 3 is 2.69 bits per heavy atom. The highest BCUT2D eigenvalue weighted by molar-refractivity contribution is 14.0. The molecule has 0 unspecified atom stereocenters. The highest BCUT2D eigenvalue weighted by Gasteiger charge is 2.20. The van der Waals surface area contributed by atoms with Crippen LogP contribution in [0.5, 0.6) is 5.75 Å². The summed E-state index contributed by atoms with van der Waals surface area (Å²) < 4.78 is 5.33. The van der Waals surface area contributed by atoms with Gasteiger partial charge in [0.15, 0.2) is 5.96 Å². The van der Waals surface area contributed by atoms with E-state index in [2.05, 4.69) is 37.2 Å². The number of guanidine groups is 1. The molecule has 142 valence electrons. The molecule has 1 fully saturated rings. The zero-order valence-electron chi connectivity index (χ0n) is 15.4. The lowest BCUT2D eigenvalue weighted by Crippen LogP contribution is -2.52. The molecule has 0 bridgehead atoms. The van der Waals surface area contributed by atoms with Gasteiger partial charge in [-0.05, 0) is 19.1 Å². The highest BCUT2D eigenvalue weighted by Crippen LogP contribution is 2.22. The number of aromatic nitrogens is 1. The van der Waals surface area contributed by atoms with E-state index in [9.17, 15) is 0 Å². The predicted molar refractivity (Wildman–Crippen MR) is 119 cm³/mol. The van der Waals surface area contributed by atoms with Gasteiger partial charge in [-0.25, -0.2) is 4.98 Å². The fraction of sp³-hybridized carbons (Fsp3) is 0.444. The van der Waals surface area contributed by atoms with Crippen LogP contribution in [0.25, 0.3) is 0 Å². The average molecular weight is 487 g/mol. The van der Waals surface area contributed by atoms with Crippen molar-refractivity contribution < 1.29 is 4.74 Å². The summed E-state index contributed by atoms with van der Waals surface area (Å²) in [6, 6.07) is 8.25. The third-order valence-electron chi connectivity index (χ3n) is 4.30. The van der Waals surface area contributed by atoms with Gasteiger partial charge in [0.25, 0.3) is 0 Å². The van der Waals surface area contributed by atoms with Gasteiger partial charge in [0.2, 0.25) is 0 Å². The zero-order valence-corrected chi connectivity index (χ0v) is 18.6. The van der Waals surface area contributed by atoms with Crippen LogP contribution in [-0.4, -0.2) is 56.2 Å². The molecular formula is C18H26IN5OS. The molecule has 1 aliphatic heterocycles. The van der Waals surface area contributed by atoms with Crippen molar-refractivity contribution in [2.24, 2.45) is 4.99 Å². The van der Waals surface area contributed by atoms with Crippen LogP contribution < -0.4 is 15.0 Å². The van der Waals surface area contributed by atoms with Crippen molar-refractivity contribution in [1.29, 1.82) is 0 Å². The Morgan fingerprint density at radius 1 is 1.31 bits per heavy atom. The molecule has 1 N–H and O–H groups in total. The minimum Gasteiger partial charge on any atom is -0.497 e. The summed E-state index contributed by atoms with van der Waals surface area (Å²) >= 11 is 1.72. The number of methoxy groups -OCH3 is 1. The maximum absolute atomic E-state index is 5.33. The molecular weight excluding hydrogens is 461 g/mol. The zero-order chi connectivity index (χ0) is 17.6. The van der Waals surface area contributed by atoms with Crippen molar-refractivity contribution in [2.45, 2.75) is 13.5 Å². The first-order valence-corrected chi connectivity index (χ1v) is 9.27. The summed E-state index contributed by atoms with van der Waals surface area (Å²) in [5.74, 6) is 1.86. The molecule has 2 aromatic rings. The number of aliphatic imine (C=N–C) groups is 1. The fourth-order valence-corrected chi connectivity index (χ4v) is 3.70. The normalized spacial score (nSPS) is 14.8. The van der Waals surface area contributed by atoms with Gasteiger partial charge in [-0.15, -0.1) is 35.3 Å². The van der Waals surface area contributed by atoms with Crippen molar-refractivity contribution >= 4 is 47.0 Å². The standard InChI is InChI=1S/C18H25N5OS.HI/c1-14-20-12-17(25-14)13-21-18(19-2)23-9-7-22(8-10-23)15-5-4-6-16(11-15)24-3;/h4-6,11-12H,7-10,13H2,1-3H3,(H,19,21);1H. The van der Waals surface area contributed by atoms with Crippen molar-refractivity contribution in [3.63, 3.8) is 0 Å². The number of halogens is 1. The molecule has 1 saturated heterocycles. The van der Waals surface area contributed by atoms with Crippen LogP contribution in [0, 0.1) is 6.92 Å². The van der Waals surface area contributed by atoms with E-state index in [1.807, 2.05) is 32.3 Å². The van der Waals surface area contributed by atoms with Crippen LogP contribution in [0.4, 0.5) is 5.69 Å². The number of anilines is 1. The second kappa shape index (κ2) is 9.96. The van der Waals surface area contributed by atoms with Gasteiger partial charge in [0.05, 0.1) is 18.7 Å². The Bertz CT molecular complexity index is 728. The van der Waals surface area contributed by atoms with Crippen LogP contribution >= 0.6 is 35.3 Å². The number of nitrogens with one attached hydrogen (secondary N) is 1. The van der Waals surface area contributed by atoms with E-state index in [1.165, 1.54) is 10.6 Å². The van der Waals surface area contributed by atoms with Gasteiger partial charge in [0, 0.05) is 56.1 Å². The third kappa shape index (κ3) is 5.23. The van der Waals surface area contributed by atoms with Crippen LogP contribution in [0.1, 0.15) is 9.88 Å². The van der Waals surface area contributed by atoms with E-state index in [4.69, 9.17) is 4.74 Å². The lowest BCUT2D eigenvalue weighted by molar-refractivity contribution is 0.372. The number of hydrogen-bond acceptors (Lipinski definition) is 5. The molecule has 0 amide bonds. The predicted octanol–water partition coefficient (Wildman–Crippen LogP) is 2.98. The second-order valence-corrected chi connectivity index (χ2v) is 7.24. The molecule has 0 atom stereocenters. The summed E-state index contributed by atoms with van der Waals surface area (Å²) in [5, 5.41) is 4.55. The van der Waals surface area contributed by atoms with Gasteiger partial charge in [0.1, 0.15) is 5.75 Å². The van der Waals surface area contributed by atoms with Crippen molar-refractivity contribution in [1.82, 2.24) is 15.2 Å². The Labute approximate surface area is 176 Å². The molecule has 26 heavy (non-hydrogen) atoms. The van der Waals surface area contributed by atoms with E-state index >= 15 is 0 Å². The molecule has 0 spiro atoms. The molecule has 8 heteroatoms. The number of piperazine rings is 1. The molecule has 6 nitrogen and oxygen atoms in total. The third-order valence-corrected chi connectivity index (χ3v) is 5.21. The molecule has 2 heterocycles. The van der Waals surface area contributed by atoms with Crippen molar-refractivity contribution in [3.8, 4) is 5.75 Å². The Hall–Kier alpha value is -1.55. The number of benzene rings is 1. The van der Waals surface area contributed by atoms with Gasteiger partial charge >= 0.3 is 0 Å². The molecule has 3 rings (SSSR count). The largest absolute Gasteiger partial charge is 0.497 e. The maximum atomic E-state index is 5.33. The van der Waals surface area contributed by atoms with E-state index < -0.39 is 0 Å². The van der Waals surface area contributed by atoms with Crippen molar-refractivity contribution in [3.05, 3.63) is 40.3 Å². The van der Waals surface area contributed by atoms with E-state index in [0.29, 0.717) is 0 Å². The Kier molecular flexibility index (Phi) is 7.95. The average Bonchev–Trinajstić information content (AvgIpc) is 3.08. The number of hydrogen-bond donors (Lipinski definition) is 1. The lowest BCUT2D eigenvalue weighted by Gasteiger charge is -2.37. The fourth-order valence-electron chi connectivity index (χ4n) is 2.97. The first-order chi connectivity index (χ1) is 12.2. The monoisotopic (exact) mass is 487 g/mol. The number of aryl methyl sites for hydroxylation is 1. The van der Waals surface area contributed by atoms with Crippen LogP contribution in [-0.2, 0) is 6.54 Å². The molecule has 1 aromatic carbocycles. The number of rotatable bonds is 4. The summed E-state index contributed by atoms with van der Waals surface area (Å²) in [6.07, 6.45) is 1.93. The van der Waals surface area contributed by atoms with E-state index in [-0.39, 0.29) is 24.0 Å². The Balaban J connectivity index is 0.00000243. The molecule has 0 radical (unpaired) electrons. The lowest BCUT2D eigenvalue weighted by atomic mass is 10.2. The second-order valence-electron chi connectivity index (χ2n) is 5.92. The first-order valence-electron chi connectivity index (χ1n) is 8.45. The van der Waals surface area contributed by atoms with Crippen LogP contribution in [0.3, 0.4) is 0 Å². The van der Waals surface area contributed by atoms with Gasteiger partial charge in [-0.2, -0.15) is 0 Å². The molecule has 1 aliphatic rings.